The van der Waals surface area contributed by atoms with Crippen LogP contribution in [0.3, 0.4) is 0 Å². The number of carbonyl (C=O) groups excluding carboxylic acids is 1. The first-order chi connectivity index (χ1) is 7.13. The van der Waals surface area contributed by atoms with Crippen LogP contribution < -0.4 is 10.6 Å². The van der Waals surface area contributed by atoms with Crippen LogP contribution in [0.4, 0.5) is 10.5 Å². The van der Waals surface area contributed by atoms with E-state index in [2.05, 4.69) is 26.6 Å². The van der Waals surface area contributed by atoms with Crippen molar-refractivity contribution in [2.24, 2.45) is 0 Å². The van der Waals surface area contributed by atoms with Crippen molar-refractivity contribution in [1.29, 1.82) is 0 Å². The Labute approximate surface area is 97.1 Å². The van der Waals surface area contributed by atoms with Gasteiger partial charge in [-0.25, -0.2) is 4.79 Å². The molecule has 1 aromatic rings. The van der Waals surface area contributed by atoms with Crippen LogP contribution >= 0.6 is 15.9 Å². The minimum absolute atomic E-state index is 0.196. The van der Waals surface area contributed by atoms with Gasteiger partial charge in [0, 0.05) is 17.3 Å². The fourth-order valence-electron chi connectivity index (χ4n) is 1.04. The molecular weight excluding hydrogens is 260 g/mol. The second-order valence-electron chi connectivity index (χ2n) is 3.03. The maximum atomic E-state index is 11.3. The van der Waals surface area contributed by atoms with Gasteiger partial charge in [-0.15, -0.1) is 0 Å². The minimum atomic E-state index is -0.279. The van der Waals surface area contributed by atoms with Crippen molar-refractivity contribution in [3.05, 3.63) is 28.2 Å². The van der Waals surface area contributed by atoms with E-state index in [0.717, 1.165) is 15.7 Å². The third kappa shape index (κ3) is 3.89. The van der Waals surface area contributed by atoms with Gasteiger partial charge in [-0.05, 0) is 30.7 Å². The lowest BCUT2D eigenvalue weighted by Crippen LogP contribution is -2.30. The lowest BCUT2D eigenvalue weighted by molar-refractivity contribution is 0.177. The van der Waals surface area contributed by atoms with Crippen molar-refractivity contribution in [2.75, 3.05) is 19.2 Å². The van der Waals surface area contributed by atoms with Gasteiger partial charge in [0.2, 0.25) is 0 Å². The molecule has 0 saturated carbocycles. The first-order valence-corrected chi connectivity index (χ1v) is 5.22. The third-order valence-corrected chi connectivity index (χ3v) is 2.68. The zero-order chi connectivity index (χ0) is 11.3. The largest absolute Gasteiger partial charge is 0.364 e. The molecule has 0 bridgehead atoms. The smallest absolute Gasteiger partial charge is 0.321 e. The predicted octanol–water partition coefficient (Wildman–Crippen LogP) is 2.48. The number of amides is 2. The molecule has 0 spiro atoms. The normalized spacial score (nSPS) is 9.80. The molecule has 1 aromatic carbocycles. The van der Waals surface area contributed by atoms with Gasteiger partial charge < -0.3 is 15.4 Å². The van der Waals surface area contributed by atoms with E-state index in [1.807, 2.05) is 25.1 Å². The highest BCUT2D eigenvalue weighted by Crippen LogP contribution is 2.19. The molecule has 0 radical (unpaired) electrons. The molecule has 0 aliphatic carbocycles. The fraction of sp³-hybridized carbons (Fsp3) is 0.300. The quantitative estimate of drug-likeness (QED) is 0.831. The second-order valence-corrected chi connectivity index (χ2v) is 3.88. The number of aryl methyl sites for hydroxylation is 1. The van der Waals surface area contributed by atoms with Crippen molar-refractivity contribution < 1.29 is 9.53 Å². The molecule has 0 aliphatic heterocycles. The van der Waals surface area contributed by atoms with E-state index < -0.39 is 0 Å². The number of hydrogen-bond acceptors (Lipinski definition) is 2. The lowest BCUT2D eigenvalue weighted by atomic mass is 10.2. The number of nitrogens with one attached hydrogen (secondary N) is 2. The van der Waals surface area contributed by atoms with Gasteiger partial charge in [0.25, 0.3) is 0 Å². The number of halogens is 1. The predicted molar refractivity (Wildman–Crippen MR) is 62.9 cm³/mol. The van der Waals surface area contributed by atoms with Crippen molar-refractivity contribution >= 4 is 27.6 Å². The Morgan fingerprint density at radius 3 is 2.87 bits per heavy atom. The molecule has 0 atom stereocenters. The molecule has 0 heterocycles. The maximum Gasteiger partial charge on any atom is 0.321 e. The number of methoxy groups -OCH3 is 1. The van der Waals surface area contributed by atoms with Gasteiger partial charge >= 0.3 is 6.03 Å². The van der Waals surface area contributed by atoms with Crippen molar-refractivity contribution in [2.45, 2.75) is 6.92 Å². The summed E-state index contributed by atoms with van der Waals surface area (Å²) in [4.78, 5) is 11.3. The first kappa shape index (κ1) is 12.0. The summed E-state index contributed by atoms with van der Waals surface area (Å²) in [5, 5.41) is 5.22. The van der Waals surface area contributed by atoms with E-state index in [-0.39, 0.29) is 12.8 Å². The summed E-state index contributed by atoms with van der Waals surface area (Å²) >= 11 is 3.39. The van der Waals surface area contributed by atoms with Gasteiger partial charge in [0.15, 0.2) is 0 Å². The molecule has 1 rings (SSSR count). The van der Waals surface area contributed by atoms with Crippen molar-refractivity contribution in [3.63, 3.8) is 0 Å². The Morgan fingerprint density at radius 2 is 2.27 bits per heavy atom. The van der Waals surface area contributed by atoms with Crippen LogP contribution in [0.15, 0.2) is 22.7 Å². The van der Waals surface area contributed by atoms with Gasteiger partial charge in [0.05, 0.1) is 0 Å². The van der Waals surface area contributed by atoms with Crippen LogP contribution in [0.5, 0.6) is 0 Å². The number of ether oxygens (including phenoxy) is 1. The summed E-state index contributed by atoms with van der Waals surface area (Å²) < 4.78 is 5.73. The molecule has 4 nitrogen and oxygen atoms in total. The number of anilines is 1. The summed E-state index contributed by atoms with van der Waals surface area (Å²) in [5.74, 6) is 0. The van der Waals surface area contributed by atoms with Crippen LogP contribution in [-0.2, 0) is 4.74 Å². The minimum Gasteiger partial charge on any atom is -0.364 e. The van der Waals surface area contributed by atoms with E-state index in [1.54, 1.807) is 0 Å². The molecule has 0 unspecified atom stereocenters. The summed E-state index contributed by atoms with van der Waals surface area (Å²) in [7, 11) is 1.52. The SMILES string of the molecule is COCNC(=O)Nc1ccc(Br)c(C)c1. The number of urea groups is 1. The molecule has 2 N–H and O–H groups in total. The number of rotatable bonds is 3. The van der Waals surface area contributed by atoms with E-state index in [4.69, 9.17) is 4.74 Å². The van der Waals surface area contributed by atoms with Crippen molar-refractivity contribution in [1.82, 2.24) is 5.32 Å². The van der Waals surface area contributed by atoms with Gasteiger partial charge in [-0.2, -0.15) is 0 Å². The van der Waals surface area contributed by atoms with E-state index >= 15 is 0 Å². The standard InChI is InChI=1S/C10H13BrN2O2/c1-7-5-8(3-4-9(7)11)13-10(14)12-6-15-2/h3-5H,6H2,1-2H3,(H2,12,13,14). The fourth-order valence-corrected chi connectivity index (χ4v) is 1.28. The van der Waals surface area contributed by atoms with Crippen LogP contribution in [0.2, 0.25) is 0 Å². The highest BCUT2D eigenvalue weighted by Gasteiger charge is 2.01. The number of hydrogen-bond donors (Lipinski definition) is 2. The average Bonchev–Trinajstić information content (AvgIpc) is 2.20. The Hall–Kier alpha value is -1.07. The van der Waals surface area contributed by atoms with Crippen LogP contribution in [-0.4, -0.2) is 19.9 Å². The lowest BCUT2D eigenvalue weighted by Gasteiger charge is -2.07. The zero-order valence-electron chi connectivity index (χ0n) is 8.63. The van der Waals surface area contributed by atoms with Gasteiger partial charge in [-0.3, -0.25) is 0 Å². The Balaban J connectivity index is 2.57. The molecule has 0 fully saturated rings. The van der Waals surface area contributed by atoms with Crippen LogP contribution in [0, 0.1) is 6.92 Å². The molecule has 82 valence electrons. The molecule has 2 amide bonds. The second kappa shape index (κ2) is 5.72. The molecular formula is C10H13BrN2O2. The zero-order valence-corrected chi connectivity index (χ0v) is 10.2. The average molecular weight is 273 g/mol. The summed E-state index contributed by atoms with van der Waals surface area (Å²) in [6.45, 7) is 2.16. The number of carbonyl (C=O) groups is 1. The Morgan fingerprint density at radius 1 is 1.53 bits per heavy atom. The molecule has 0 aliphatic rings. The number of benzene rings is 1. The third-order valence-electron chi connectivity index (χ3n) is 1.79. The van der Waals surface area contributed by atoms with Crippen LogP contribution in [0.1, 0.15) is 5.56 Å². The maximum absolute atomic E-state index is 11.3. The van der Waals surface area contributed by atoms with E-state index in [0.29, 0.717) is 0 Å². The first-order valence-electron chi connectivity index (χ1n) is 4.43. The summed E-state index contributed by atoms with van der Waals surface area (Å²) in [5.41, 5.74) is 1.82. The molecule has 0 aromatic heterocycles. The Bertz CT molecular complexity index is 355. The monoisotopic (exact) mass is 272 g/mol. The van der Waals surface area contributed by atoms with Gasteiger partial charge in [-0.1, -0.05) is 15.9 Å². The molecule has 0 saturated heterocycles. The van der Waals surface area contributed by atoms with E-state index in [9.17, 15) is 4.79 Å². The summed E-state index contributed by atoms with van der Waals surface area (Å²) in [6, 6.07) is 5.32. The molecule has 5 heteroatoms. The van der Waals surface area contributed by atoms with Crippen LogP contribution in [0.25, 0.3) is 0 Å². The van der Waals surface area contributed by atoms with E-state index in [1.165, 1.54) is 7.11 Å². The molecule has 15 heavy (non-hydrogen) atoms. The topological polar surface area (TPSA) is 50.4 Å². The van der Waals surface area contributed by atoms with Gasteiger partial charge in [0.1, 0.15) is 6.73 Å². The highest BCUT2D eigenvalue weighted by atomic mass is 79.9. The highest BCUT2D eigenvalue weighted by molar-refractivity contribution is 9.10. The summed E-state index contributed by atoms with van der Waals surface area (Å²) in [6.07, 6.45) is 0. The van der Waals surface area contributed by atoms with Crippen molar-refractivity contribution in [3.8, 4) is 0 Å². The Kier molecular flexibility index (Phi) is 4.58.